The van der Waals surface area contributed by atoms with E-state index in [-0.39, 0.29) is 41.9 Å². The predicted molar refractivity (Wildman–Crippen MR) is 175 cm³/mol. The molecule has 0 saturated carbocycles. The summed E-state index contributed by atoms with van der Waals surface area (Å²) in [7, 11) is 1.52. The van der Waals surface area contributed by atoms with Gasteiger partial charge in [-0.3, -0.25) is 14.2 Å². The average molecular weight is 695 g/mol. The summed E-state index contributed by atoms with van der Waals surface area (Å²) in [5, 5.41) is 3.57. The van der Waals surface area contributed by atoms with E-state index >= 15 is 0 Å². The summed E-state index contributed by atoms with van der Waals surface area (Å²) in [5.41, 5.74) is 0.832. The van der Waals surface area contributed by atoms with Crippen molar-refractivity contribution in [1.82, 2.24) is 19.4 Å². The molecule has 0 radical (unpaired) electrons. The van der Waals surface area contributed by atoms with Crippen LogP contribution < -0.4 is 10.1 Å². The van der Waals surface area contributed by atoms with Crippen molar-refractivity contribution in [3.8, 4) is 5.75 Å². The molecule has 46 heavy (non-hydrogen) atoms. The van der Waals surface area contributed by atoms with Crippen LogP contribution in [0.15, 0.2) is 71.7 Å². The number of alkyl halides is 3. The topological polar surface area (TPSA) is 77.5 Å². The van der Waals surface area contributed by atoms with E-state index in [0.717, 1.165) is 23.3 Å². The molecule has 2 aliphatic heterocycles. The number of carbonyl (C=O) groups is 2. The van der Waals surface area contributed by atoms with E-state index in [2.05, 4.69) is 18.1 Å². The van der Waals surface area contributed by atoms with Crippen molar-refractivity contribution < 1.29 is 27.5 Å². The lowest BCUT2D eigenvalue weighted by Gasteiger charge is -2.39. The molecular formula is C32H32Cl2F3N5O3S. The molecule has 14 heteroatoms. The van der Waals surface area contributed by atoms with Gasteiger partial charge in [-0.15, -0.1) is 0 Å². The molecule has 2 aliphatic rings. The summed E-state index contributed by atoms with van der Waals surface area (Å²) < 4.78 is 48.3. The van der Waals surface area contributed by atoms with Gasteiger partial charge in [0, 0.05) is 36.2 Å². The smallest absolute Gasteiger partial charge is 0.416 e. The van der Waals surface area contributed by atoms with Crippen LogP contribution in [0.1, 0.15) is 54.1 Å². The Kier molecular flexibility index (Phi) is 10.3. The van der Waals surface area contributed by atoms with E-state index in [0.29, 0.717) is 36.0 Å². The molecule has 0 bridgehead atoms. The van der Waals surface area contributed by atoms with Crippen LogP contribution in [0.4, 0.5) is 22.8 Å². The number of urea groups is 2. The van der Waals surface area contributed by atoms with Crippen LogP contribution in [0.25, 0.3) is 0 Å². The number of nitrogens with zero attached hydrogens (tertiary/aromatic N) is 4. The molecule has 3 aromatic carbocycles. The lowest BCUT2D eigenvalue weighted by atomic mass is 9.93. The highest BCUT2D eigenvalue weighted by molar-refractivity contribution is 7.78. The third-order valence-electron chi connectivity index (χ3n) is 8.05. The maximum atomic E-state index is 14.6. The van der Waals surface area contributed by atoms with Crippen LogP contribution in [0.5, 0.6) is 5.75 Å². The lowest BCUT2D eigenvalue weighted by molar-refractivity contribution is -0.137. The summed E-state index contributed by atoms with van der Waals surface area (Å²) in [6.07, 6.45) is -3.66. The minimum absolute atomic E-state index is 0.0458. The Balaban J connectivity index is 1.62. The standard InChI is InChI=1S/C32H32Cl2F3N5O3S/c1-3-45-26-18-21(32(35,36)37)8-13-25(26)29-39-27(19-4-9-22(33)10-5-19)28(20-6-11-23(34)12-7-20)41(29)31(44)40-16-14-24(15-17-40)42(46)30(43)38-2/h4-13,18,24,27-28,46H,3,14-17H2,1-2H3,(H,38,43). The fraction of sp³-hybridized carbons (Fsp3) is 0.344. The van der Waals surface area contributed by atoms with Crippen molar-refractivity contribution in [2.24, 2.45) is 4.99 Å². The number of amides is 4. The zero-order valence-electron chi connectivity index (χ0n) is 25.0. The Morgan fingerprint density at radius 1 is 1.00 bits per heavy atom. The molecule has 5 rings (SSSR count). The Morgan fingerprint density at radius 2 is 1.59 bits per heavy atom. The summed E-state index contributed by atoms with van der Waals surface area (Å²) in [4.78, 5) is 35.0. The van der Waals surface area contributed by atoms with Crippen molar-refractivity contribution in [2.45, 2.75) is 44.1 Å². The van der Waals surface area contributed by atoms with Crippen LogP contribution in [-0.4, -0.2) is 64.8 Å². The van der Waals surface area contributed by atoms with Crippen molar-refractivity contribution in [1.29, 1.82) is 0 Å². The quantitative estimate of drug-likeness (QED) is 0.257. The molecule has 0 aliphatic carbocycles. The molecule has 0 spiro atoms. The number of aliphatic imine (C=N–C) groups is 1. The van der Waals surface area contributed by atoms with Gasteiger partial charge in [0.2, 0.25) is 0 Å². The zero-order chi connectivity index (χ0) is 33.2. The van der Waals surface area contributed by atoms with Gasteiger partial charge in [0.05, 0.1) is 23.8 Å². The first kappa shape index (κ1) is 33.7. The van der Waals surface area contributed by atoms with Crippen molar-refractivity contribution in [2.75, 3.05) is 26.7 Å². The number of hydrogen-bond acceptors (Lipinski definition) is 5. The van der Waals surface area contributed by atoms with Crippen LogP contribution in [0, 0.1) is 0 Å². The third kappa shape index (κ3) is 7.03. The first-order valence-electron chi connectivity index (χ1n) is 14.6. The van der Waals surface area contributed by atoms with E-state index in [9.17, 15) is 22.8 Å². The summed E-state index contributed by atoms with van der Waals surface area (Å²) in [6, 6.07) is 15.0. The Labute approximate surface area is 280 Å². The van der Waals surface area contributed by atoms with Gasteiger partial charge in [-0.05, 0) is 73.4 Å². The van der Waals surface area contributed by atoms with Gasteiger partial charge < -0.3 is 15.0 Å². The number of rotatable bonds is 6. The van der Waals surface area contributed by atoms with Crippen LogP contribution in [0.2, 0.25) is 10.0 Å². The van der Waals surface area contributed by atoms with Crippen LogP contribution in [0.3, 0.4) is 0 Å². The van der Waals surface area contributed by atoms with E-state index in [4.69, 9.17) is 32.9 Å². The van der Waals surface area contributed by atoms with E-state index in [1.165, 1.54) is 22.3 Å². The second-order valence-corrected chi connectivity index (χ2v) is 12.2. The van der Waals surface area contributed by atoms with Gasteiger partial charge in [0.1, 0.15) is 17.6 Å². The fourth-order valence-electron chi connectivity index (χ4n) is 5.75. The number of hydrogen-bond donors (Lipinski definition) is 2. The normalized spacial score (nSPS) is 18.7. The predicted octanol–water partition coefficient (Wildman–Crippen LogP) is 8.03. The Hall–Kier alpha value is -3.61. The van der Waals surface area contributed by atoms with Crippen molar-refractivity contribution in [3.63, 3.8) is 0 Å². The van der Waals surface area contributed by atoms with Gasteiger partial charge in [0.15, 0.2) is 0 Å². The monoisotopic (exact) mass is 693 g/mol. The molecule has 4 amide bonds. The number of ether oxygens (including phenoxy) is 1. The minimum atomic E-state index is -4.60. The molecule has 3 aromatic rings. The van der Waals surface area contributed by atoms with Crippen LogP contribution in [-0.2, 0) is 6.18 Å². The number of nitrogens with one attached hydrogen (secondary N) is 1. The summed E-state index contributed by atoms with van der Waals surface area (Å²) in [6.45, 7) is 2.39. The first-order valence-corrected chi connectivity index (χ1v) is 15.8. The van der Waals surface area contributed by atoms with Crippen molar-refractivity contribution >= 4 is 53.9 Å². The number of piperidine rings is 1. The molecule has 1 saturated heterocycles. The molecule has 1 fully saturated rings. The molecule has 1 N–H and O–H groups in total. The Morgan fingerprint density at radius 3 is 2.13 bits per heavy atom. The number of likely N-dealkylation sites (tertiary alicyclic amines) is 1. The number of benzene rings is 3. The second-order valence-electron chi connectivity index (χ2n) is 10.9. The van der Waals surface area contributed by atoms with E-state index in [1.807, 2.05) is 12.1 Å². The molecule has 8 nitrogen and oxygen atoms in total. The van der Waals surface area contributed by atoms with Crippen molar-refractivity contribution in [3.05, 3.63) is 99.0 Å². The molecule has 0 aromatic heterocycles. The fourth-order valence-corrected chi connectivity index (χ4v) is 6.33. The average Bonchev–Trinajstić information content (AvgIpc) is 3.44. The molecule has 2 heterocycles. The van der Waals surface area contributed by atoms with Gasteiger partial charge >= 0.3 is 18.2 Å². The highest BCUT2D eigenvalue weighted by Gasteiger charge is 2.45. The number of halogens is 5. The molecule has 2 unspecified atom stereocenters. The second kappa shape index (κ2) is 14.0. The molecular weight excluding hydrogens is 662 g/mol. The molecule has 2 atom stereocenters. The maximum Gasteiger partial charge on any atom is 0.416 e. The SMILES string of the molecule is CCOc1cc(C(F)(F)F)ccc1C1=NC(c2ccc(Cl)cc2)C(c2ccc(Cl)cc2)N1C(=O)N1CCC(N(S)C(=O)NC)CC1. The largest absolute Gasteiger partial charge is 0.493 e. The highest BCUT2D eigenvalue weighted by Crippen LogP contribution is 2.46. The van der Waals surface area contributed by atoms with E-state index in [1.54, 1.807) is 48.2 Å². The highest BCUT2D eigenvalue weighted by atomic mass is 35.5. The summed E-state index contributed by atoms with van der Waals surface area (Å²) >= 11 is 16.8. The number of thiol groups is 1. The number of carbonyl (C=O) groups excluding carboxylic acids is 2. The summed E-state index contributed by atoms with van der Waals surface area (Å²) in [5.74, 6) is 0.126. The number of amidine groups is 1. The maximum absolute atomic E-state index is 14.6. The first-order chi connectivity index (χ1) is 21.9. The van der Waals surface area contributed by atoms with Gasteiger partial charge in [-0.2, -0.15) is 13.2 Å². The zero-order valence-corrected chi connectivity index (χ0v) is 27.4. The van der Waals surface area contributed by atoms with Gasteiger partial charge in [-0.1, -0.05) is 60.3 Å². The lowest BCUT2D eigenvalue weighted by Crippen LogP contribution is -2.52. The van der Waals surface area contributed by atoms with Gasteiger partial charge in [0.25, 0.3) is 0 Å². The third-order valence-corrected chi connectivity index (χ3v) is 9.06. The van der Waals surface area contributed by atoms with E-state index < -0.39 is 23.8 Å². The Bertz CT molecular complexity index is 1600. The van der Waals surface area contributed by atoms with Crippen LogP contribution >= 0.6 is 36.0 Å². The van der Waals surface area contributed by atoms with Gasteiger partial charge in [-0.25, -0.2) is 9.59 Å². The minimum Gasteiger partial charge on any atom is -0.493 e. The molecule has 244 valence electrons.